The molecule has 0 radical (unpaired) electrons. The Morgan fingerprint density at radius 3 is 2.34 bits per heavy atom. The van der Waals surface area contributed by atoms with Crippen LogP contribution in [0.4, 0.5) is 5.69 Å². The molecule has 240 valence electrons. The van der Waals surface area contributed by atoms with E-state index in [0.717, 1.165) is 35.2 Å². The SMILES string of the molecule is Cc1ccc(N2CCN(C(=O)[C@@H](Cc3ccc(Cl)cc3Cl)N3CCCC3=O)CC2)c([C@H](CC(C)C)NC(=O)CCN(C)C)c1. The van der Waals surface area contributed by atoms with Crippen LogP contribution in [0.1, 0.15) is 62.3 Å². The van der Waals surface area contributed by atoms with Crippen molar-refractivity contribution < 1.29 is 14.4 Å². The molecule has 2 aliphatic rings. The maximum atomic E-state index is 14.0. The number of amides is 3. The van der Waals surface area contributed by atoms with Gasteiger partial charge in [0.2, 0.25) is 17.7 Å². The van der Waals surface area contributed by atoms with Gasteiger partial charge < -0.3 is 24.9 Å². The molecule has 1 N–H and O–H groups in total. The highest BCUT2D eigenvalue weighted by Gasteiger charge is 2.37. The number of anilines is 1. The van der Waals surface area contributed by atoms with Gasteiger partial charge in [-0.1, -0.05) is 60.8 Å². The number of carbonyl (C=O) groups is 3. The Kier molecular flexibility index (Phi) is 12.0. The molecule has 4 rings (SSSR count). The van der Waals surface area contributed by atoms with Gasteiger partial charge in [-0.3, -0.25) is 14.4 Å². The molecule has 2 aromatic carbocycles. The van der Waals surface area contributed by atoms with Crippen molar-refractivity contribution in [3.05, 3.63) is 63.1 Å². The fourth-order valence-corrected chi connectivity index (χ4v) is 6.66. The first-order chi connectivity index (χ1) is 20.9. The van der Waals surface area contributed by atoms with Crippen LogP contribution in [0.25, 0.3) is 0 Å². The van der Waals surface area contributed by atoms with Crippen molar-refractivity contribution in [1.82, 2.24) is 20.0 Å². The summed E-state index contributed by atoms with van der Waals surface area (Å²) >= 11 is 12.6. The van der Waals surface area contributed by atoms with E-state index in [1.807, 2.05) is 30.0 Å². The molecule has 0 unspecified atom stereocenters. The minimum absolute atomic E-state index is 0.0141. The van der Waals surface area contributed by atoms with Gasteiger partial charge in [0.15, 0.2) is 0 Å². The average molecular weight is 645 g/mol. The monoisotopic (exact) mass is 643 g/mol. The van der Waals surface area contributed by atoms with Crippen molar-refractivity contribution in [2.45, 2.75) is 65.0 Å². The lowest BCUT2D eigenvalue weighted by atomic mass is 9.93. The van der Waals surface area contributed by atoms with E-state index in [0.29, 0.717) is 74.5 Å². The Bertz CT molecular complexity index is 1330. The van der Waals surface area contributed by atoms with Gasteiger partial charge in [0.25, 0.3) is 0 Å². The van der Waals surface area contributed by atoms with Gasteiger partial charge in [-0.25, -0.2) is 0 Å². The van der Waals surface area contributed by atoms with Crippen LogP contribution in [0, 0.1) is 12.8 Å². The van der Waals surface area contributed by atoms with Crippen LogP contribution < -0.4 is 10.2 Å². The van der Waals surface area contributed by atoms with Crippen molar-refractivity contribution in [3.63, 3.8) is 0 Å². The number of hydrogen-bond donors (Lipinski definition) is 1. The Morgan fingerprint density at radius 2 is 1.73 bits per heavy atom. The summed E-state index contributed by atoms with van der Waals surface area (Å²) in [7, 11) is 3.94. The third kappa shape index (κ3) is 8.89. The molecule has 8 nitrogen and oxygen atoms in total. The van der Waals surface area contributed by atoms with Crippen LogP contribution in [0.5, 0.6) is 0 Å². The van der Waals surface area contributed by atoms with E-state index < -0.39 is 6.04 Å². The molecule has 2 atom stereocenters. The molecule has 2 saturated heterocycles. The van der Waals surface area contributed by atoms with E-state index in [1.54, 1.807) is 17.0 Å². The minimum atomic E-state index is -0.599. The molecule has 2 heterocycles. The van der Waals surface area contributed by atoms with Crippen molar-refractivity contribution >= 4 is 46.6 Å². The van der Waals surface area contributed by atoms with Crippen LogP contribution in [0.2, 0.25) is 10.0 Å². The van der Waals surface area contributed by atoms with Gasteiger partial charge >= 0.3 is 0 Å². The quantitative estimate of drug-likeness (QED) is 0.338. The zero-order valence-corrected chi connectivity index (χ0v) is 28.3. The molecule has 2 aliphatic heterocycles. The first-order valence-electron chi connectivity index (χ1n) is 15.7. The third-order valence-electron chi connectivity index (χ3n) is 8.52. The zero-order valence-electron chi connectivity index (χ0n) is 26.7. The second-order valence-corrected chi connectivity index (χ2v) is 13.7. The minimum Gasteiger partial charge on any atom is -0.368 e. The Balaban J connectivity index is 1.51. The first kappa shape index (κ1) is 34.1. The van der Waals surface area contributed by atoms with Gasteiger partial charge in [-0.15, -0.1) is 0 Å². The number of carbonyl (C=O) groups excluding carboxylic acids is 3. The number of nitrogens with zero attached hydrogens (tertiary/aromatic N) is 4. The summed E-state index contributed by atoms with van der Waals surface area (Å²) in [6.45, 7) is 10.1. The number of aryl methyl sites for hydroxylation is 1. The van der Waals surface area contributed by atoms with Gasteiger partial charge in [0.05, 0.1) is 6.04 Å². The fourth-order valence-electron chi connectivity index (χ4n) is 6.17. The Labute approximate surface area is 272 Å². The van der Waals surface area contributed by atoms with Crippen LogP contribution in [-0.2, 0) is 20.8 Å². The van der Waals surface area contributed by atoms with E-state index in [4.69, 9.17) is 23.2 Å². The van der Waals surface area contributed by atoms with Gasteiger partial charge in [0.1, 0.15) is 6.04 Å². The average Bonchev–Trinajstić information content (AvgIpc) is 3.40. The maximum Gasteiger partial charge on any atom is 0.245 e. The van der Waals surface area contributed by atoms with Crippen molar-refractivity contribution in [3.8, 4) is 0 Å². The van der Waals surface area contributed by atoms with Crippen molar-refractivity contribution in [2.24, 2.45) is 5.92 Å². The number of hydrogen-bond acceptors (Lipinski definition) is 5. The molecule has 3 amide bonds. The predicted molar refractivity (Wildman–Crippen MR) is 178 cm³/mol. The first-order valence-corrected chi connectivity index (χ1v) is 16.5. The van der Waals surface area contributed by atoms with Gasteiger partial charge in [-0.2, -0.15) is 0 Å². The van der Waals surface area contributed by atoms with E-state index in [1.165, 1.54) is 0 Å². The lowest BCUT2D eigenvalue weighted by Crippen LogP contribution is -2.56. The van der Waals surface area contributed by atoms with E-state index in [2.05, 4.69) is 49.2 Å². The van der Waals surface area contributed by atoms with Crippen molar-refractivity contribution in [1.29, 1.82) is 0 Å². The van der Waals surface area contributed by atoms with Crippen LogP contribution in [-0.4, -0.2) is 91.8 Å². The number of likely N-dealkylation sites (tertiary alicyclic amines) is 1. The predicted octanol–water partition coefficient (Wildman–Crippen LogP) is 5.34. The van der Waals surface area contributed by atoms with Crippen LogP contribution in [0.3, 0.4) is 0 Å². The number of nitrogens with one attached hydrogen (secondary N) is 1. The molecule has 2 fully saturated rings. The number of halogens is 2. The molecule has 0 aliphatic carbocycles. The summed E-state index contributed by atoms with van der Waals surface area (Å²) in [5.41, 5.74) is 4.17. The lowest BCUT2D eigenvalue weighted by Gasteiger charge is -2.40. The summed E-state index contributed by atoms with van der Waals surface area (Å²) in [5, 5.41) is 4.36. The molecule has 0 aromatic heterocycles. The summed E-state index contributed by atoms with van der Waals surface area (Å²) < 4.78 is 0. The Morgan fingerprint density at radius 1 is 1.00 bits per heavy atom. The number of piperazine rings is 1. The smallest absolute Gasteiger partial charge is 0.245 e. The molecule has 0 spiro atoms. The largest absolute Gasteiger partial charge is 0.368 e. The normalized spacial score (nSPS) is 17.0. The maximum absolute atomic E-state index is 14.0. The summed E-state index contributed by atoms with van der Waals surface area (Å²) in [6, 6.07) is 11.0. The second-order valence-electron chi connectivity index (χ2n) is 12.8. The zero-order chi connectivity index (χ0) is 32.0. The Hall–Kier alpha value is -2.81. The summed E-state index contributed by atoms with van der Waals surface area (Å²) in [4.78, 5) is 47.7. The summed E-state index contributed by atoms with van der Waals surface area (Å²) in [5.74, 6) is 0.424. The molecular formula is C34H47Cl2N5O3. The van der Waals surface area contributed by atoms with Crippen molar-refractivity contribution in [2.75, 3.05) is 58.3 Å². The van der Waals surface area contributed by atoms with E-state index in [9.17, 15) is 14.4 Å². The highest BCUT2D eigenvalue weighted by atomic mass is 35.5. The highest BCUT2D eigenvalue weighted by molar-refractivity contribution is 6.35. The molecule has 2 aromatic rings. The molecule has 0 saturated carbocycles. The molecule has 10 heteroatoms. The van der Waals surface area contributed by atoms with E-state index >= 15 is 0 Å². The van der Waals surface area contributed by atoms with E-state index in [-0.39, 0.29) is 23.8 Å². The van der Waals surface area contributed by atoms with Crippen LogP contribution in [0.15, 0.2) is 36.4 Å². The fraction of sp³-hybridized carbons (Fsp3) is 0.559. The lowest BCUT2D eigenvalue weighted by molar-refractivity contribution is -0.143. The van der Waals surface area contributed by atoms with Crippen LogP contribution >= 0.6 is 23.2 Å². The topological polar surface area (TPSA) is 76.2 Å². The standard InChI is InChI=1S/C34H47Cl2N5O3/c1-23(2)19-29(37-32(42)12-14-38(4)5)27-20-24(3)8-11-30(27)39-15-17-40(18-16-39)34(44)31(41-13-6-7-33(41)43)21-25-9-10-26(35)22-28(25)36/h8-11,20,22-23,29,31H,6-7,12-19,21H2,1-5H3,(H,37,42)/t29-,31+/m0/s1. The number of rotatable bonds is 12. The molecule has 44 heavy (non-hydrogen) atoms. The summed E-state index contributed by atoms with van der Waals surface area (Å²) in [6.07, 6.45) is 2.86. The van der Waals surface area contributed by atoms with Gasteiger partial charge in [0, 0.05) is 74.3 Å². The highest BCUT2D eigenvalue weighted by Crippen LogP contribution is 2.33. The van der Waals surface area contributed by atoms with Gasteiger partial charge in [-0.05, 0) is 69.1 Å². The second kappa shape index (κ2) is 15.5. The molecule has 0 bridgehead atoms. The third-order valence-corrected chi connectivity index (χ3v) is 9.11. The molecular weight excluding hydrogens is 597 g/mol. The number of benzene rings is 2.